The van der Waals surface area contributed by atoms with Crippen LogP contribution in [0.5, 0.6) is 0 Å². The normalized spacial score (nSPS) is 11.9. The van der Waals surface area contributed by atoms with Gasteiger partial charge in [0.1, 0.15) is 22.9 Å². The quantitative estimate of drug-likeness (QED) is 0.310. The molecule has 2 N–H and O–H groups in total. The summed E-state index contributed by atoms with van der Waals surface area (Å²) >= 11 is 0. The fourth-order valence-corrected chi connectivity index (χ4v) is 5.08. The summed E-state index contributed by atoms with van der Waals surface area (Å²) < 4.78 is 39.3. The Hall–Kier alpha value is -4.77. The van der Waals surface area contributed by atoms with Crippen LogP contribution in [0.15, 0.2) is 64.3 Å². The molecule has 0 unspecified atom stereocenters. The van der Waals surface area contributed by atoms with Gasteiger partial charge in [0.15, 0.2) is 0 Å². The van der Waals surface area contributed by atoms with Crippen molar-refractivity contribution in [3.05, 3.63) is 88.3 Å². The van der Waals surface area contributed by atoms with Gasteiger partial charge in [0, 0.05) is 35.3 Å². The van der Waals surface area contributed by atoms with E-state index in [1.807, 2.05) is 19.0 Å². The summed E-state index contributed by atoms with van der Waals surface area (Å²) in [5, 5.41) is 15.8. The molecule has 6 rings (SSSR count). The van der Waals surface area contributed by atoms with Gasteiger partial charge in [0.2, 0.25) is 0 Å². The number of aromatic amines is 1. The monoisotopic (exact) mass is 531 g/mol. The Balaban J connectivity index is 1.60. The number of nitrogens with zero attached hydrogens (tertiary/aromatic N) is 4. The number of benzene rings is 2. The van der Waals surface area contributed by atoms with Crippen LogP contribution in [0.4, 0.5) is 8.78 Å². The smallest absolute Gasteiger partial charge is 0.353 e. The van der Waals surface area contributed by atoms with E-state index in [4.69, 9.17) is 4.42 Å². The minimum absolute atomic E-state index is 0.0669. The van der Waals surface area contributed by atoms with Crippen LogP contribution in [0.2, 0.25) is 0 Å². The molecule has 39 heavy (non-hydrogen) atoms. The first-order valence-electron chi connectivity index (χ1n) is 12.2. The Morgan fingerprint density at radius 3 is 2.69 bits per heavy atom. The van der Waals surface area contributed by atoms with Crippen LogP contribution in [0.25, 0.3) is 43.9 Å². The zero-order valence-corrected chi connectivity index (χ0v) is 21.0. The molecule has 4 heterocycles. The lowest BCUT2D eigenvalue weighted by Gasteiger charge is -2.12. The number of furan rings is 1. The molecule has 0 aliphatic rings. The molecule has 198 valence electrons. The van der Waals surface area contributed by atoms with Gasteiger partial charge >= 0.3 is 5.97 Å². The van der Waals surface area contributed by atoms with E-state index in [1.54, 1.807) is 23.0 Å². The number of aromatic carboxylic acids is 1. The predicted molar refractivity (Wildman–Crippen MR) is 142 cm³/mol. The number of aromatic nitrogens is 4. The zero-order chi connectivity index (χ0) is 27.4. The number of nitrogens with one attached hydrogen (secondary N) is 1. The number of carboxylic acids is 1. The van der Waals surface area contributed by atoms with Crippen molar-refractivity contribution in [3.8, 4) is 11.1 Å². The van der Waals surface area contributed by atoms with E-state index < -0.39 is 23.2 Å². The zero-order valence-electron chi connectivity index (χ0n) is 21.0. The lowest BCUT2D eigenvalue weighted by molar-refractivity contribution is 0.0687. The third-order valence-electron chi connectivity index (χ3n) is 6.90. The summed E-state index contributed by atoms with van der Waals surface area (Å²) in [6.45, 7) is 1.04. The van der Waals surface area contributed by atoms with Crippen LogP contribution in [0.3, 0.4) is 0 Å². The average molecular weight is 532 g/mol. The maximum absolute atomic E-state index is 15.5. The molecule has 6 aromatic rings. The van der Waals surface area contributed by atoms with Crippen molar-refractivity contribution in [3.63, 3.8) is 0 Å². The number of carboxylic acid groups (broad SMARTS) is 1. The molecule has 0 saturated carbocycles. The van der Waals surface area contributed by atoms with E-state index in [0.29, 0.717) is 24.0 Å². The molecule has 0 aliphatic carbocycles. The van der Waals surface area contributed by atoms with Gasteiger partial charge in [0.25, 0.3) is 5.56 Å². The second-order valence-corrected chi connectivity index (χ2v) is 9.62. The molecule has 0 saturated heterocycles. The van der Waals surface area contributed by atoms with Gasteiger partial charge in [-0.3, -0.25) is 9.48 Å². The van der Waals surface area contributed by atoms with E-state index in [1.165, 1.54) is 41.3 Å². The number of halogens is 2. The highest BCUT2D eigenvalue weighted by molar-refractivity contribution is 6.17. The first-order valence-corrected chi connectivity index (χ1v) is 12.2. The maximum atomic E-state index is 15.5. The summed E-state index contributed by atoms with van der Waals surface area (Å²) in [5.74, 6) is -2.55. The summed E-state index contributed by atoms with van der Waals surface area (Å²) in [6.07, 6.45) is 4.35. The van der Waals surface area contributed by atoms with Gasteiger partial charge in [-0.05, 0) is 44.4 Å². The number of fused-ring (bicyclic) bond motifs is 4. The lowest BCUT2D eigenvalue weighted by atomic mass is 10.0. The molecule has 0 atom stereocenters. The second kappa shape index (κ2) is 9.21. The van der Waals surface area contributed by atoms with Gasteiger partial charge in [-0.1, -0.05) is 0 Å². The summed E-state index contributed by atoms with van der Waals surface area (Å²) in [5.41, 5.74) is 0.371. The molecule has 0 spiro atoms. The van der Waals surface area contributed by atoms with Crippen LogP contribution < -0.4 is 5.56 Å². The van der Waals surface area contributed by atoms with Gasteiger partial charge in [-0.25, -0.2) is 13.6 Å². The number of rotatable bonds is 7. The van der Waals surface area contributed by atoms with Gasteiger partial charge in [0.05, 0.1) is 52.9 Å². The Bertz CT molecular complexity index is 1960. The van der Waals surface area contributed by atoms with E-state index in [-0.39, 0.29) is 50.8 Å². The summed E-state index contributed by atoms with van der Waals surface area (Å²) in [6, 6.07) is 8.65. The SMILES string of the molecule is CN(C)CCn1ncc2cc(Cn3c(C(=O)O)c(-c4ccc[nH]c4=O)c4c5occc5c(F)cc43)c(F)cc21. The van der Waals surface area contributed by atoms with Crippen molar-refractivity contribution in [2.75, 3.05) is 20.6 Å². The van der Waals surface area contributed by atoms with Gasteiger partial charge < -0.3 is 24.0 Å². The molecule has 0 radical (unpaired) electrons. The number of likely N-dealkylation sites (N-methyl/N-ethyl adjacent to an activating group) is 1. The van der Waals surface area contributed by atoms with Gasteiger partial charge in [-0.15, -0.1) is 0 Å². The standard InChI is InChI=1S/C28H23F2N5O4/c1-33(2)7-8-35-21-11-19(29)16(10-15(21)13-32-35)14-34-22-12-20(30)17-5-9-39-26(17)24(22)23(25(34)28(37)38)18-4-3-6-31-27(18)36/h3-6,9-13H,7-8,14H2,1-2H3,(H,31,36)(H,37,38). The number of carbonyl (C=O) groups is 1. The highest BCUT2D eigenvalue weighted by Gasteiger charge is 2.29. The van der Waals surface area contributed by atoms with Crippen molar-refractivity contribution in [1.29, 1.82) is 0 Å². The van der Waals surface area contributed by atoms with Gasteiger partial charge in [-0.2, -0.15) is 5.10 Å². The van der Waals surface area contributed by atoms with E-state index in [2.05, 4.69) is 10.1 Å². The minimum Gasteiger partial charge on any atom is -0.477 e. The number of pyridine rings is 1. The predicted octanol–water partition coefficient (Wildman–Crippen LogP) is 4.68. The van der Waals surface area contributed by atoms with E-state index in [0.717, 1.165) is 0 Å². The maximum Gasteiger partial charge on any atom is 0.353 e. The number of hydrogen-bond acceptors (Lipinski definition) is 5. The molecule has 2 aromatic carbocycles. The molecular formula is C28H23F2N5O4. The Morgan fingerprint density at radius 1 is 1.15 bits per heavy atom. The van der Waals surface area contributed by atoms with Crippen LogP contribution in [0.1, 0.15) is 16.1 Å². The highest BCUT2D eigenvalue weighted by Crippen LogP contribution is 2.40. The van der Waals surface area contributed by atoms with E-state index >= 15 is 8.78 Å². The van der Waals surface area contributed by atoms with Crippen LogP contribution >= 0.6 is 0 Å². The largest absolute Gasteiger partial charge is 0.477 e. The molecule has 0 aliphatic heterocycles. The van der Waals surface area contributed by atoms with Crippen molar-refractivity contribution in [1.82, 2.24) is 24.2 Å². The highest BCUT2D eigenvalue weighted by atomic mass is 19.1. The first-order chi connectivity index (χ1) is 18.7. The van der Waals surface area contributed by atoms with E-state index in [9.17, 15) is 14.7 Å². The van der Waals surface area contributed by atoms with Crippen molar-refractivity contribution in [2.24, 2.45) is 0 Å². The van der Waals surface area contributed by atoms with Crippen LogP contribution in [0, 0.1) is 11.6 Å². The molecule has 11 heteroatoms. The molecular weight excluding hydrogens is 508 g/mol. The van der Waals surface area contributed by atoms with Crippen molar-refractivity contribution in [2.45, 2.75) is 13.1 Å². The van der Waals surface area contributed by atoms with Crippen LogP contribution in [-0.2, 0) is 13.1 Å². The molecule has 0 fully saturated rings. The molecule has 0 amide bonds. The lowest BCUT2D eigenvalue weighted by Crippen LogP contribution is -2.19. The fourth-order valence-electron chi connectivity index (χ4n) is 5.08. The Labute approximate surface area is 219 Å². The third-order valence-corrected chi connectivity index (χ3v) is 6.90. The van der Waals surface area contributed by atoms with Crippen molar-refractivity contribution >= 4 is 38.7 Å². The molecule has 4 aromatic heterocycles. The fraction of sp³-hybridized carbons (Fsp3) is 0.179. The van der Waals surface area contributed by atoms with Crippen LogP contribution in [-0.4, -0.2) is 55.9 Å². The topological polar surface area (TPSA) is 109 Å². The first kappa shape index (κ1) is 24.6. The third kappa shape index (κ3) is 3.98. The second-order valence-electron chi connectivity index (χ2n) is 9.62. The number of hydrogen-bond donors (Lipinski definition) is 2. The number of H-pyrrole nitrogens is 1. The Kier molecular flexibility index (Phi) is 5.80. The van der Waals surface area contributed by atoms with Crippen molar-refractivity contribution < 1.29 is 23.1 Å². The summed E-state index contributed by atoms with van der Waals surface area (Å²) in [7, 11) is 3.87. The molecule has 0 bridgehead atoms. The molecule has 9 nitrogen and oxygen atoms in total. The summed E-state index contributed by atoms with van der Waals surface area (Å²) in [4.78, 5) is 30.1. The minimum atomic E-state index is -1.36. The average Bonchev–Trinajstić information content (AvgIpc) is 3.60. The Morgan fingerprint density at radius 2 is 1.95 bits per heavy atom.